The molecule has 1 N–H and O–H groups in total. The molecule has 2 aromatic carbocycles. The Bertz CT molecular complexity index is 791. The highest BCUT2D eigenvalue weighted by Crippen LogP contribution is 2.27. The third-order valence-corrected chi connectivity index (χ3v) is 4.30. The van der Waals surface area contributed by atoms with Gasteiger partial charge in [-0.25, -0.2) is 0 Å². The van der Waals surface area contributed by atoms with E-state index in [4.69, 9.17) is 0 Å². The minimum Gasteiger partial charge on any atom is -0.322 e. The van der Waals surface area contributed by atoms with Crippen molar-refractivity contribution in [1.29, 1.82) is 0 Å². The van der Waals surface area contributed by atoms with Crippen LogP contribution in [0.25, 0.3) is 0 Å². The number of aryl methyl sites for hydroxylation is 3. The second kappa shape index (κ2) is 6.48. The van der Waals surface area contributed by atoms with Crippen LogP contribution in [0.1, 0.15) is 39.9 Å². The van der Waals surface area contributed by atoms with Crippen molar-refractivity contribution in [3.8, 4) is 0 Å². The van der Waals surface area contributed by atoms with Crippen molar-refractivity contribution in [2.24, 2.45) is 0 Å². The van der Waals surface area contributed by atoms with Crippen LogP contribution in [0.2, 0.25) is 0 Å². The molecule has 1 aliphatic heterocycles. The lowest BCUT2D eigenvalue weighted by Gasteiger charge is -2.19. The molecule has 0 radical (unpaired) electrons. The molecule has 1 heterocycles. The average Bonchev–Trinajstić information content (AvgIpc) is 2.92. The van der Waals surface area contributed by atoms with E-state index in [1.54, 1.807) is 0 Å². The zero-order valence-electron chi connectivity index (χ0n) is 14.3. The van der Waals surface area contributed by atoms with E-state index >= 15 is 0 Å². The Hall–Kier alpha value is -2.62. The van der Waals surface area contributed by atoms with E-state index in [9.17, 15) is 9.59 Å². The van der Waals surface area contributed by atoms with Crippen LogP contribution >= 0.6 is 0 Å². The third-order valence-electron chi connectivity index (χ3n) is 4.30. The van der Waals surface area contributed by atoms with Gasteiger partial charge < -0.3 is 10.2 Å². The van der Waals surface area contributed by atoms with Gasteiger partial charge in [-0.3, -0.25) is 9.59 Å². The molecule has 2 aromatic rings. The normalized spacial score (nSPS) is 14.1. The number of carbonyl (C=O) groups excluding carboxylic acids is 2. The molecule has 4 nitrogen and oxygen atoms in total. The smallest absolute Gasteiger partial charge is 0.255 e. The van der Waals surface area contributed by atoms with Crippen LogP contribution in [0, 0.1) is 20.8 Å². The summed E-state index contributed by atoms with van der Waals surface area (Å²) in [5.74, 6) is 0.0521. The number of carbonyl (C=O) groups is 2. The quantitative estimate of drug-likeness (QED) is 0.929. The second-order valence-corrected chi connectivity index (χ2v) is 6.48. The van der Waals surface area contributed by atoms with Gasteiger partial charge in [-0.1, -0.05) is 17.2 Å². The summed E-state index contributed by atoms with van der Waals surface area (Å²) in [4.78, 5) is 26.2. The van der Waals surface area contributed by atoms with Crippen LogP contribution in [0.3, 0.4) is 0 Å². The fourth-order valence-corrected chi connectivity index (χ4v) is 3.25. The zero-order chi connectivity index (χ0) is 17.3. The van der Waals surface area contributed by atoms with Crippen molar-refractivity contribution in [2.75, 3.05) is 16.8 Å². The fraction of sp³-hybridized carbons (Fsp3) is 0.300. The van der Waals surface area contributed by atoms with Gasteiger partial charge in [-0.15, -0.1) is 0 Å². The van der Waals surface area contributed by atoms with Crippen molar-refractivity contribution in [3.63, 3.8) is 0 Å². The van der Waals surface area contributed by atoms with Gasteiger partial charge in [-0.2, -0.15) is 0 Å². The second-order valence-electron chi connectivity index (χ2n) is 6.48. The van der Waals surface area contributed by atoms with Crippen molar-refractivity contribution < 1.29 is 9.59 Å². The molecule has 0 saturated carbocycles. The van der Waals surface area contributed by atoms with E-state index in [-0.39, 0.29) is 11.8 Å². The van der Waals surface area contributed by atoms with Crippen LogP contribution in [0.15, 0.2) is 36.4 Å². The summed E-state index contributed by atoms with van der Waals surface area (Å²) in [5, 5.41) is 2.94. The van der Waals surface area contributed by atoms with Crippen LogP contribution in [0.4, 0.5) is 11.4 Å². The van der Waals surface area contributed by atoms with Gasteiger partial charge in [0.2, 0.25) is 5.91 Å². The van der Waals surface area contributed by atoms with Crippen molar-refractivity contribution in [3.05, 3.63) is 58.7 Å². The Morgan fingerprint density at radius 3 is 2.33 bits per heavy atom. The molecule has 1 aliphatic rings. The predicted octanol–water partition coefficient (Wildman–Crippen LogP) is 3.99. The molecule has 0 aliphatic carbocycles. The van der Waals surface area contributed by atoms with Gasteiger partial charge in [-0.05, 0) is 63.1 Å². The molecule has 2 amide bonds. The Morgan fingerprint density at radius 2 is 1.75 bits per heavy atom. The Kier molecular flexibility index (Phi) is 4.38. The van der Waals surface area contributed by atoms with Crippen molar-refractivity contribution in [1.82, 2.24) is 0 Å². The maximum Gasteiger partial charge on any atom is 0.255 e. The minimum absolute atomic E-state index is 0.119. The summed E-state index contributed by atoms with van der Waals surface area (Å²) in [6.07, 6.45) is 1.52. The van der Waals surface area contributed by atoms with E-state index in [2.05, 4.69) is 5.32 Å². The molecule has 1 fully saturated rings. The predicted molar refractivity (Wildman–Crippen MR) is 96.6 cm³/mol. The third kappa shape index (κ3) is 3.32. The topological polar surface area (TPSA) is 49.4 Å². The first-order valence-electron chi connectivity index (χ1n) is 8.25. The number of amides is 2. The van der Waals surface area contributed by atoms with Gasteiger partial charge in [0.15, 0.2) is 0 Å². The fourth-order valence-electron chi connectivity index (χ4n) is 3.25. The van der Waals surface area contributed by atoms with Gasteiger partial charge in [0.05, 0.1) is 0 Å². The molecule has 0 unspecified atom stereocenters. The first-order chi connectivity index (χ1) is 11.4. The number of hydrogen-bond acceptors (Lipinski definition) is 2. The largest absolute Gasteiger partial charge is 0.322 e. The lowest BCUT2D eigenvalue weighted by molar-refractivity contribution is -0.117. The highest BCUT2D eigenvalue weighted by atomic mass is 16.2. The number of anilines is 2. The first-order valence-corrected chi connectivity index (χ1v) is 8.25. The van der Waals surface area contributed by atoms with E-state index < -0.39 is 0 Å². The molecule has 4 heteroatoms. The number of nitrogens with zero attached hydrogens (tertiary/aromatic N) is 1. The summed E-state index contributed by atoms with van der Waals surface area (Å²) in [6.45, 7) is 6.70. The molecule has 1 saturated heterocycles. The Labute approximate surface area is 142 Å². The summed E-state index contributed by atoms with van der Waals surface area (Å²) in [5.41, 5.74) is 5.46. The van der Waals surface area contributed by atoms with Gasteiger partial charge >= 0.3 is 0 Å². The lowest BCUT2D eigenvalue weighted by Crippen LogP contribution is -2.24. The molecular formula is C20H22N2O2. The molecule has 24 heavy (non-hydrogen) atoms. The highest BCUT2D eigenvalue weighted by Gasteiger charge is 2.23. The van der Waals surface area contributed by atoms with E-state index in [0.717, 1.165) is 41.0 Å². The molecule has 0 atom stereocenters. The first kappa shape index (κ1) is 16.2. The Balaban J connectivity index is 1.79. The summed E-state index contributed by atoms with van der Waals surface area (Å²) >= 11 is 0. The standard InChI is InChI=1S/C20H22N2O2/c1-13-9-14(2)11-16(10-13)20(24)21-17-6-7-18(15(3)12-17)22-8-4-5-19(22)23/h6-7,9-12H,4-5,8H2,1-3H3,(H,21,24). The maximum atomic E-state index is 12.4. The number of benzene rings is 2. The average molecular weight is 322 g/mol. The minimum atomic E-state index is -0.119. The van der Waals surface area contributed by atoms with Crippen LogP contribution in [-0.2, 0) is 4.79 Å². The number of rotatable bonds is 3. The number of nitrogens with one attached hydrogen (secondary N) is 1. The number of hydrogen-bond donors (Lipinski definition) is 1. The van der Waals surface area contributed by atoms with Crippen LogP contribution in [-0.4, -0.2) is 18.4 Å². The molecule has 124 valence electrons. The van der Waals surface area contributed by atoms with E-state index in [1.165, 1.54) is 0 Å². The maximum absolute atomic E-state index is 12.4. The van der Waals surface area contributed by atoms with Gasteiger partial charge in [0.1, 0.15) is 0 Å². The van der Waals surface area contributed by atoms with Crippen molar-refractivity contribution in [2.45, 2.75) is 33.6 Å². The highest BCUT2D eigenvalue weighted by molar-refractivity contribution is 6.05. The van der Waals surface area contributed by atoms with Crippen molar-refractivity contribution >= 4 is 23.2 Å². The van der Waals surface area contributed by atoms with Gasteiger partial charge in [0, 0.05) is 29.9 Å². The SMILES string of the molecule is Cc1cc(C)cc(C(=O)Nc2ccc(N3CCCC3=O)c(C)c2)c1. The van der Waals surface area contributed by atoms with Gasteiger partial charge in [0.25, 0.3) is 5.91 Å². The molecule has 0 aromatic heterocycles. The molecule has 0 spiro atoms. The summed E-state index contributed by atoms with van der Waals surface area (Å²) in [7, 11) is 0. The monoisotopic (exact) mass is 322 g/mol. The zero-order valence-corrected chi connectivity index (χ0v) is 14.3. The lowest BCUT2D eigenvalue weighted by atomic mass is 10.1. The molecule has 3 rings (SSSR count). The summed E-state index contributed by atoms with van der Waals surface area (Å²) in [6, 6.07) is 11.5. The molecular weight excluding hydrogens is 300 g/mol. The van der Waals surface area contributed by atoms with E-state index in [1.807, 2.05) is 62.1 Å². The Morgan fingerprint density at radius 1 is 1.04 bits per heavy atom. The molecule has 0 bridgehead atoms. The van der Waals surface area contributed by atoms with Crippen LogP contribution in [0.5, 0.6) is 0 Å². The van der Waals surface area contributed by atoms with Crippen LogP contribution < -0.4 is 10.2 Å². The summed E-state index contributed by atoms with van der Waals surface area (Å²) < 4.78 is 0. The van der Waals surface area contributed by atoms with E-state index in [0.29, 0.717) is 12.0 Å².